The molecule has 2 nitrogen and oxygen atoms in total. The second-order valence-electron chi connectivity index (χ2n) is 4.16. The van der Waals surface area contributed by atoms with Gasteiger partial charge in [0, 0.05) is 12.0 Å². The molecule has 0 aliphatic carbocycles. The number of hydrogen-bond donors (Lipinski definition) is 0. The lowest BCUT2D eigenvalue weighted by Crippen LogP contribution is -1.94. The van der Waals surface area contributed by atoms with E-state index in [4.69, 9.17) is 4.74 Å². The van der Waals surface area contributed by atoms with Crippen LogP contribution in [0.2, 0.25) is 0 Å². The third-order valence-corrected chi connectivity index (χ3v) is 2.98. The van der Waals surface area contributed by atoms with Crippen molar-refractivity contribution in [2.24, 2.45) is 0 Å². The summed E-state index contributed by atoms with van der Waals surface area (Å²) in [6.07, 6.45) is 2.63. The number of carbonyl (C=O) groups is 1. The number of ether oxygens (including phenoxy) is 1. The normalized spacial score (nSPS) is 17.6. The Morgan fingerprint density at radius 3 is 2.65 bits per heavy atom. The van der Waals surface area contributed by atoms with E-state index in [1.807, 2.05) is 24.3 Å². The maximum absolute atomic E-state index is 11.4. The lowest BCUT2D eigenvalue weighted by molar-refractivity contribution is -0.134. The second kappa shape index (κ2) is 4.06. The zero-order valence-electron chi connectivity index (χ0n) is 9.35. The Hall–Kier alpha value is -2.09. The Bertz CT molecular complexity index is 611. The molecule has 0 amide bonds. The van der Waals surface area contributed by atoms with Crippen molar-refractivity contribution in [2.45, 2.75) is 6.42 Å². The van der Waals surface area contributed by atoms with Crippen molar-refractivity contribution in [2.75, 3.05) is 6.61 Å². The molecule has 0 aromatic heterocycles. The molecule has 0 N–H and O–H groups in total. The molecule has 2 aromatic carbocycles. The molecular weight excluding hydrogens is 212 g/mol. The summed E-state index contributed by atoms with van der Waals surface area (Å²) in [5.41, 5.74) is 1.82. The molecule has 2 aromatic rings. The van der Waals surface area contributed by atoms with Gasteiger partial charge in [0.15, 0.2) is 0 Å². The van der Waals surface area contributed by atoms with E-state index in [0.29, 0.717) is 13.0 Å². The van der Waals surface area contributed by atoms with Gasteiger partial charge < -0.3 is 4.74 Å². The highest BCUT2D eigenvalue weighted by molar-refractivity contribution is 5.96. The van der Waals surface area contributed by atoms with Crippen molar-refractivity contribution >= 4 is 22.8 Å². The highest BCUT2D eigenvalue weighted by Crippen LogP contribution is 2.20. The first-order valence-electron chi connectivity index (χ1n) is 5.69. The monoisotopic (exact) mass is 224 g/mol. The van der Waals surface area contributed by atoms with Crippen LogP contribution in [0.5, 0.6) is 0 Å². The second-order valence-corrected chi connectivity index (χ2v) is 4.16. The molecule has 1 aliphatic heterocycles. The number of fused-ring (bicyclic) bond motifs is 1. The fraction of sp³-hybridized carbons (Fsp3) is 0.133. The minimum atomic E-state index is -0.182. The topological polar surface area (TPSA) is 26.3 Å². The van der Waals surface area contributed by atoms with Crippen molar-refractivity contribution in [3.63, 3.8) is 0 Å². The molecule has 0 saturated carbocycles. The van der Waals surface area contributed by atoms with Crippen LogP contribution >= 0.6 is 0 Å². The van der Waals surface area contributed by atoms with E-state index >= 15 is 0 Å². The maximum atomic E-state index is 11.4. The van der Waals surface area contributed by atoms with Crippen LogP contribution in [0.3, 0.4) is 0 Å². The van der Waals surface area contributed by atoms with E-state index in [9.17, 15) is 4.79 Å². The maximum Gasteiger partial charge on any atom is 0.334 e. The smallest absolute Gasteiger partial charge is 0.334 e. The summed E-state index contributed by atoms with van der Waals surface area (Å²) in [4.78, 5) is 11.4. The average molecular weight is 224 g/mol. The van der Waals surface area contributed by atoms with Crippen molar-refractivity contribution in [3.8, 4) is 0 Å². The van der Waals surface area contributed by atoms with Gasteiger partial charge in [-0.3, -0.25) is 0 Å². The molecule has 0 atom stereocenters. The van der Waals surface area contributed by atoms with Gasteiger partial charge in [0.25, 0.3) is 0 Å². The largest absolute Gasteiger partial charge is 0.462 e. The molecule has 1 aliphatic rings. The van der Waals surface area contributed by atoms with Crippen LogP contribution in [0, 0.1) is 0 Å². The zero-order valence-corrected chi connectivity index (χ0v) is 9.35. The highest BCUT2D eigenvalue weighted by Gasteiger charge is 2.18. The van der Waals surface area contributed by atoms with Crippen LogP contribution in [-0.2, 0) is 9.53 Å². The van der Waals surface area contributed by atoms with Crippen LogP contribution in [0.4, 0.5) is 0 Å². The minimum Gasteiger partial charge on any atom is -0.462 e. The molecule has 0 unspecified atom stereocenters. The predicted molar refractivity (Wildman–Crippen MR) is 67.5 cm³/mol. The SMILES string of the molecule is O=C1OCC/C1=C/c1ccc2ccccc2c1. The standard InChI is InChI=1S/C15H12O2/c16-15-14(7-8-17-15)10-11-5-6-12-3-1-2-4-13(12)9-11/h1-6,9-10H,7-8H2/b14-10-. The summed E-state index contributed by atoms with van der Waals surface area (Å²) in [7, 11) is 0. The summed E-state index contributed by atoms with van der Waals surface area (Å²) in [5.74, 6) is -0.182. The minimum absolute atomic E-state index is 0.182. The summed E-state index contributed by atoms with van der Waals surface area (Å²) in [6, 6.07) is 14.4. The van der Waals surface area contributed by atoms with Gasteiger partial charge in [0.1, 0.15) is 0 Å². The molecular formula is C15H12O2. The third kappa shape index (κ3) is 1.94. The lowest BCUT2D eigenvalue weighted by Gasteiger charge is -2.00. The fourth-order valence-electron chi connectivity index (χ4n) is 2.08. The fourth-order valence-corrected chi connectivity index (χ4v) is 2.08. The van der Waals surface area contributed by atoms with Crippen LogP contribution < -0.4 is 0 Å². The Labute approximate surface area is 99.5 Å². The predicted octanol–water partition coefficient (Wildman–Crippen LogP) is 3.17. The molecule has 84 valence electrons. The molecule has 17 heavy (non-hydrogen) atoms. The van der Waals surface area contributed by atoms with E-state index < -0.39 is 0 Å². The quantitative estimate of drug-likeness (QED) is 0.549. The van der Waals surface area contributed by atoms with Gasteiger partial charge in [-0.25, -0.2) is 4.79 Å². The van der Waals surface area contributed by atoms with E-state index in [-0.39, 0.29) is 5.97 Å². The number of cyclic esters (lactones) is 1. The molecule has 0 radical (unpaired) electrons. The van der Waals surface area contributed by atoms with E-state index in [0.717, 1.165) is 11.1 Å². The lowest BCUT2D eigenvalue weighted by atomic mass is 10.0. The summed E-state index contributed by atoms with van der Waals surface area (Å²) >= 11 is 0. The number of hydrogen-bond acceptors (Lipinski definition) is 2. The zero-order chi connectivity index (χ0) is 11.7. The van der Waals surface area contributed by atoms with Gasteiger partial charge in [-0.2, -0.15) is 0 Å². The van der Waals surface area contributed by atoms with Gasteiger partial charge >= 0.3 is 5.97 Å². The van der Waals surface area contributed by atoms with Gasteiger partial charge in [0.2, 0.25) is 0 Å². The number of carbonyl (C=O) groups excluding carboxylic acids is 1. The van der Waals surface area contributed by atoms with Crippen LogP contribution in [0.25, 0.3) is 16.8 Å². The third-order valence-electron chi connectivity index (χ3n) is 2.98. The molecule has 1 heterocycles. The Kier molecular flexibility index (Phi) is 2.41. The molecule has 2 heteroatoms. The van der Waals surface area contributed by atoms with Crippen molar-refractivity contribution in [1.29, 1.82) is 0 Å². The van der Waals surface area contributed by atoms with Crippen LogP contribution in [0.15, 0.2) is 48.0 Å². The van der Waals surface area contributed by atoms with Crippen LogP contribution in [-0.4, -0.2) is 12.6 Å². The van der Waals surface area contributed by atoms with Crippen molar-refractivity contribution in [1.82, 2.24) is 0 Å². The first kappa shape index (κ1) is 10.1. The first-order valence-corrected chi connectivity index (χ1v) is 5.69. The number of benzene rings is 2. The Morgan fingerprint density at radius 2 is 1.88 bits per heavy atom. The van der Waals surface area contributed by atoms with Crippen molar-refractivity contribution in [3.05, 3.63) is 53.6 Å². The molecule has 3 rings (SSSR count). The van der Waals surface area contributed by atoms with Gasteiger partial charge in [-0.1, -0.05) is 36.4 Å². The Morgan fingerprint density at radius 1 is 1.06 bits per heavy atom. The van der Waals surface area contributed by atoms with Gasteiger partial charge in [0.05, 0.1) is 6.61 Å². The molecule has 0 bridgehead atoms. The first-order chi connectivity index (χ1) is 8.33. The highest BCUT2D eigenvalue weighted by atomic mass is 16.5. The molecule has 0 spiro atoms. The van der Waals surface area contributed by atoms with E-state index in [1.165, 1.54) is 10.8 Å². The number of esters is 1. The van der Waals surface area contributed by atoms with E-state index in [1.54, 1.807) is 0 Å². The Balaban J connectivity index is 2.04. The van der Waals surface area contributed by atoms with Gasteiger partial charge in [-0.05, 0) is 28.5 Å². The summed E-state index contributed by atoms with van der Waals surface area (Å²) < 4.78 is 4.92. The van der Waals surface area contributed by atoms with Gasteiger partial charge in [-0.15, -0.1) is 0 Å². The van der Waals surface area contributed by atoms with E-state index in [2.05, 4.69) is 24.3 Å². The summed E-state index contributed by atoms with van der Waals surface area (Å²) in [6.45, 7) is 0.512. The van der Waals surface area contributed by atoms with Crippen molar-refractivity contribution < 1.29 is 9.53 Å². The summed E-state index contributed by atoms with van der Waals surface area (Å²) in [5, 5.41) is 2.40. The molecule has 1 saturated heterocycles. The molecule has 1 fully saturated rings. The van der Waals surface area contributed by atoms with Crippen LogP contribution in [0.1, 0.15) is 12.0 Å². The average Bonchev–Trinajstić information content (AvgIpc) is 2.75. The number of rotatable bonds is 1.